The van der Waals surface area contributed by atoms with Gasteiger partial charge in [-0.05, 0) is 6.42 Å². The number of nitrogens with zero attached hydrogens (tertiary/aromatic N) is 3. The van der Waals surface area contributed by atoms with Crippen molar-refractivity contribution in [2.75, 3.05) is 42.3 Å². The summed E-state index contributed by atoms with van der Waals surface area (Å²) in [6, 6.07) is 0.292. The fraction of sp³-hybridized carbons (Fsp3) is 0.727. The maximum absolute atomic E-state index is 11.3. The first-order chi connectivity index (χ1) is 9.19. The van der Waals surface area contributed by atoms with E-state index in [1.54, 1.807) is 7.05 Å². The van der Waals surface area contributed by atoms with E-state index in [0.29, 0.717) is 42.6 Å². The van der Waals surface area contributed by atoms with Crippen LogP contribution in [0.4, 0.5) is 11.9 Å². The minimum absolute atomic E-state index is 0.292. The topological polar surface area (TPSA) is 89.0 Å². The smallest absolute Gasteiger partial charge is 0.323 e. The molecule has 8 heteroatoms. The van der Waals surface area contributed by atoms with Gasteiger partial charge in [-0.1, -0.05) is 13.8 Å². The van der Waals surface area contributed by atoms with Crippen molar-refractivity contribution < 1.29 is 8.95 Å². The van der Waals surface area contributed by atoms with Crippen LogP contribution in [0.2, 0.25) is 0 Å². The Labute approximate surface area is 116 Å². The molecule has 0 saturated heterocycles. The van der Waals surface area contributed by atoms with Crippen LogP contribution in [-0.4, -0.2) is 50.9 Å². The second-order valence-electron chi connectivity index (χ2n) is 3.72. The van der Waals surface area contributed by atoms with Gasteiger partial charge in [0.2, 0.25) is 11.9 Å². The summed E-state index contributed by atoms with van der Waals surface area (Å²) in [5, 5.41) is 5.88. The predicted molar refractivity (Wildman–Crippen MR) is 77.2 cm³/mol. The number of aromatic nitrogens is 3. The quantitative estimate of drug-likeness (QED) is 0.697. The zero-order chi connectivity index (χ0) is 14.1. The summed E-state index contributed by atoms with van der Waals surface area (Å²) in [5.41, 5.74) is 0. The lowest BCUT2D eigenvalue weighted by atomic mass is 10.5. The van der Waals surface area contributed by atoms with Crippen LogP contribution in [0.3, 0.4) is 0 Å². The van der Waals surface area contributed by atoms with Gasteiger partial charge in [0.05, 0.1) is 6.61 Å². The Morgan fingerprint density at radius 2 is 1.95 bits per heavy atom. The van der Waals surface area contributed by atoms with Crippen LogP contribution < -0.4 is 15.4 Å². The van der Waals surface area contributed by atoms with Crippen molar-refractivity contribution in [3.63, 3.8) is 0 Å². The monoisotopic (exact) mass is 287 g/mol. The Bertz CT molecular complexity index is 416. The van der Waals surface area contributed by atoms with Gasteiger partial charge < -0.3 is 15.4 Å². The Morgan fingerprint density at radius 3 is 2.58 bits per heavy atom. The van der Waals surface area contributed by atoms with E-state index in [-0.39, 0.29) is 0 Å². The molecule has 1 rings (SSSR count). The summed E-state index contributed by atoms with van der Waals surface area (Å²) in [6.07, 6.45) is 0.888. The Hall–Kier alpha value is -1.44. The highest BCUT2D eigenvalue weighted by Gasteiger charge is 2.06. The van der Waals surface area contributed by atoms with E-state index in [4.69, 9.17) is 4.74 Å². The van der Waals surface area contributed by atoms with Crippen molar-refractivity contribution in [3.8, 4) is 6.01 Å². The molecule has 0 radical (unpaired) electrons. The average Bonchev–Trinajstić information content (AvgIpc) is 2.44. The van der Waals surface area contributed by atoms with Gasteiger partial charge >= 0.3 is 6.01 Å². The molecular weight excluding hydrogens is 266 g/mol. The fourth-order valence-electron chi connectivity index (χ4n) is 1.23. The van der Waals surface area contributed by atoms with Crippen molar-refractivity contribution in [1.29, 1.82) is 0 Å². The van der Waals surface area contributed by atoms with Crippen LogP contribution in [0, 0.1) is 0 Å². The second kappa shape index (κ2) is 8.63. The first-order valence-corrected chi connectivity index (χ1v) is 7.83. The van der Waals surface area contributed by atoms with Gasteiger partial charge in [-0.15, -0.1) is 0 Å². The van der Waals surface area contributed by atoms with E-state index < -0.39 is 10.8 Å². The number of ether oxygens (including phenoxy) is 1. The van der Waals surface area contributed by atoms with Gasteiger partial charge in [0.25, 0.3) is 0 Å². The maximum atomic E-state index is 11.3. The lowest BCUT2D eigenvalue weighted by Gasteiger charge is -2.08. The Morgan fingerprint density at radius 1 is 1.21 bits per heavy atom. The highest BCUT2D eigenvalue weighted by molar-refractivity contribution is 7.84. The first kappa shape index (κ1) is 15.6. The molecule has 2 N–H and O–H groups in total. The molecule has 0 aliphatic heterocycles. The second-order valence-corrected chi connectivity index (χ2v) is 5.59. The molecule has 0 bridgehead atoms. The molecule has 108 valence electrons. The predicted octanol–water partition coefficient (Wildman–Crippen LogP) is 0.883. The molecule has 1 heterocycles. The van der Waals surface area contributed by atoms with E-state index in [9.17, 15) is 4.21 Å². The minimum atomic E-state index is -0.799. The van der Waals surface area contributed by atoms with Crippen molar-refractivity contribution >= 4 is 22.7 Å². The Balaban J connectivity index is 2.62. The van der Waals surface area contributed by atoms with Gasteiger partial charge in [-0.3, -0.25) is 4.21 Å². The van der Waals surface area contributed by atoms with Crippen molar-refractivity contribution in [3.05, 3.63) is 0 Å². The number of hydrogen-bond donors (Lipinski definition) is 2. The van der Waals surface area contributed by atoms with Gasteiger partial charge in [-0.25, -0.2) is 0 Å². The molecule has 1 aromatic heterocycles. The van der Waals surface area contributed by atoms with E-state index in [1.165, 1.54) is 0 Å². The van der Waals surface area contributed by atoms with Crippen LogP contribution in [0.5, 0.6) is 6.01 Å². The SMILES string of the molecule is CCCOc1nc(NC)nc(NCCS(=O)CC)n1. The number of anilines is 2. The van der Waals surface area contributed by atoms with E-state index in [0.717, 1.165) is 6.42 Å². The highest BCUT2D eigenvalue weighted by atomic mass is 32.2. The van der Waals surface area contributed by atoms with E-state index in [2.05, 4.69) is 25.6 Å². The largest absolute Gasteiger partial charge is 0.463 e. The molecular formula is C11H21N5O2S. The fourth-order valence-corrected chi connectivity index (χ4v) is 1.84. The van der Waals surface area contributed by atoms with Crippen LogP contribution >= 0.6 is 0 Å². The molecule has 7 nitrogen and oxygen atoms in total. The lowest BCUT2D eigenvalue weighted by molar-refractivity contribution is 0.292. The van der Waals surface area contributed by atoms with Crippen LogP contribution in [0.25, 0.3) is 0 Å². The molecule has 0 aromatic carbocycles. The van der Waals surface area contributed by atoms with Gasteiger partial charge in [0.1, 0.15) is 0 Å². The van der Waals surface area contributed by atoms with E-state index in [1.807, 2.05) is 13.8 Å². The van der Waals surface area contributed by atoms with Gasteiger partial charge in [0, 0.05) is 35.9 Å². The third-order valence-corrected chi connectivity index (χ3v) is 3.51. The number of hydrogen-bond acceptors (Lipinski definition) is 7. The molecule has 1 aromatic rings. The van der Waals surface area contributed by atoms with Gasteiger partial charge in [0.15, 0.2) is 0 Å². The van der Waals surface area contributed by atoms with Crippen LogP contribution in [-0.2, 0) is 10.8 Å². The zero-order valence-corrected chi connectivity index (χ0v) is 12.4. The molecule has 0 saturated carbocycles. The summed E-state index contributed by atoms with van der Waals surface area (Å²) in [4.78, 5) is 12.4. The molecule has 0 aliphatic carbocycles. The Kier molecular flexibility index (Phi) is 7.09. The summed E-state index contributed by atoms with van der Waals surface area (Å²) < 4.78 is 16.7. The first-order valence-electron chi connectivity index (χ1n) is 6.35. The van der Waals surface area contributed by atoms with Gasteiger partial charge in [-0.2, -0.15) is 15.0 Å². The third-order valence-electron chi connectivity index (χ3n) is 2.21. The van der Waals surface area contributed by atoms with E-state index >= 15 is 0 Å². The summed E-state index contributed by atoms with van der Waals surface area (Å²) in [6.45, 7) is 5.03. The molecule has 1 unspecified atom stereocenters. The standard InChI is InChI=1S/C11H21N5O2S/c1-4-7-18-11-15-9(12-3)14-10(16-11)13-6-8-19(17)5-2/h4-8H2,1-3H3,(H2,12,13,14,15,16). The molecule has 0 aliphatic rings. The third kappa shape index (κ3) is 5.82. The number of nitrogens with one attached hydrogen (secondary N) is 2. The maximum Gasteiger partial charge on any atom is 0.323 e. The molecule has 19 heavy (non-hydrogen) atoms. The van der Waals surface area contributed by atoms with Crippen molar-refractivity contribution in [2.45, 2.75) is 20.3 Å². The highest BCUT2D eigenvalue weighted by Crippen LogP contribution is 2.10. The van der Waals surface area contributed by atoms with Crippen molar-refractivity contribution in [1.82, 2.24) is 15.0 Å². The van der Waals surface area contributed by atoms with Crippen LogP contribution in [0.1, 0.15) is 20.3 Å². The molecule has 0 amide bonds. The number of rotatable bonds is 9. The normalized spacial score (nSPS) is 11.9. The average molecular weight is 287 g/mol. The molecule has 0 spiro atoms. The summed E-state index contributed by atoms with van der Waals surface area (Å²) in [7, 11) is 0.932. The molecule has 1 atom stereocenters. The summed E-state index contributed by atoms with van der Waals surface area (Å²) >= 11 is 0. The van der Waals surface area contributed by atoms with Crippen molar-refractivity contribution in [2.24, 2.45) is 0 Å². The molecule has 0 fully saturated rings. The lowest BCUT2D eigenvalue weighted by Crippen LogP contribution is -2.15. The summed E-state index contributed by atoms with van der Waals surface area (Å²) in [5.74, 6) is 2.10. The minimum Gasteiger partial charge on any atom is -0.463 e. The zero-order valence-electron chi connectivity index (χ0n) is 11.6. The van der Waals surface area contributed by atoms with Crippen LogP contribution in [0.15, 0.2) is 0 Å².